The lowest BCUT2D eigenvalue weighted by molar-refractivity contribution is -0.134. The quantitative estimate of drug-likeness (QED) is 0.393. The summed E-state index contributed by atoms with van der Waals surface area (Å²) in [6, 6.07) is 13.1. The van der Waals surface area contributed by atoms with E-state index in [1.807, 2.05) is 10.4 Å². The molecule has 34 heavy (non-hydrogen) atoms. The van der Waals surface area contributed by atoms with Gasteiger partial charge in [-0.05, 0) is 55.6 Å². The largest absolute Gasteiger partial charge is 0.361 e. The van der Waals surface area contributed by atoms with Crippen LogP contribution in [-0.4, -0.2) is 58.4 Å². The van der Waals surface area contributed by atoms with Gasteiger partial charge in [-0.25, -0.2) is 9.37 Å². The predicted molar refractivity (Wildman–Crippen MR) is 136 cm³/mol. The lowest BCUT2D eigenvalue weighted by Crippen LogP contribution is -2.49. The third-order valence-electron chi connectivity index (χ3n) is 6.84. The number of fused-ring (bicyclic) bond motifs is 1. The minimum absolute atomic E-state index is 0.0134. The second-order valence-electron chi connectivity index (χ2n) is 8.96. The zero-order valence-corrected chi connectivity index (χ0v) is 20.2. The summed E-state index contributed by atoms with van der Waals surface area (Å²) < 4.78 is 14.1. The molecule has 5 nitrogen and oxygen atoms in total. The molecule has 0 aliphatic carbocycles. The number of hydrogen-bond acceptors (Lipinski definition) is 4. The molecule has 176 valence electrons. The molecule has 1 unspecified atom stereocenters. The summed E-state index contributed by atoms with van der Waals surface area (Å²) in [5.74, 6) is -0.749. The first-order valence-electron chi connectivity index (χ1n) is 11.8. The number of aromatic nitrogens is 2. The Labute approximate surface area is 203 Å². The fourth-order valence-electron chi connectivity index (χ4n) is 4.82. The van der Waals surface area contributed by atoms with E-state index in [9.17, 15) is 9.18 Å². The van der Waals surface area contributed by atoms with Gasteiger partial charge in [-0.1, -0.05) is 24.3 Å². The van der Waals surface area contributed by atoms with E-state index in [1.165, 1.54) is 17.0 Å². The number of rotatable bonds is 7. The Morgan fingerprint density at radius 3 is 2.76 bits per heavy atom. The summed E-state index contributed by atoms with van der Waals surface area (Å²) in [7, 11) is 0. The molecule has 7 heteroatoms. The summed E-state index contributed by atoms with van der Waals surface area (Å²) in [4.78, 5) is 25.0. The van der Waals surface area contributed by atoms with E-state index in [4.69, 9.17) is 0 Å². The number of halogens is 1. The van der Waals surface area contributed by atoms with Gasteiger partial charge < -0.3 is 9.88 Å². The number of H-pyrrole nitrogens is 1. The third kappa shape index (κ3) is 4.76. The van der Waals surface area contributed by atoms with Crippen LogP contribution < -0.4 is 0 Å². The Morgan fingerprint density at radius 1 is 1.18 bits per heavy atom. The van der Waals surface area contributed by atoms with E-state index < -0.39 is 5.92 Å². The standard InChI is InChI=1S/C27H29FN4OS/c1-19(22-6-2-3-7-24(22)28)27(33)32-13-11-31(12-14-32)10-4-5-21-16-29-25-9-8-20(15-23(21)25)26-17-34-18-30-26/h2-3,6-9,15-19,29H,4-5,10-14H2,1H3. The lowest BCUT2D eigenvalue weighted by Gasteiger charge is -2.36. The summed E-state index contributed by atoms with van der Waals surface area (Å²) in [6.45, 7) is 5.91. The molecule has 0 spiro atoms. The maximum atomic E-state index is 14.1. The van der Waals surface area contributed by atoms with Crippen LogP contribution in [0.3, 0.4) is 0 Å². The highest BCUT2D eigenvalue weighted by Gasteiger charge is 2.27. The van der Waals surface area contributed by atoms with Crippen molar-refractivity contribution in [3.05, 3.63) is 76.5 Å². The molecule has 1 aliphatic rings. The van der Waals surface area contributed by atoms with Crippen LogP contribution in [0, 0.1) is 5.82 Å². The van der Waals surface area contributed by atoms with Crippen molar-refractivity contribution in [1.82, 2.24) is 19.8 Å². The zero-order chi connectivity index (χ0) is 23.5. The van der Waals surface area contributed by atoms with Crippen LogP contribution >= 0.6 is 11.3 Å². The Morgan fingerprint density at radius 2 is 2.00 bits per heavy atom. The first-order valence-corrected chi connectivity index (χ1v) is 12.8. The van der Waals surface area contributed by atoms with E-state index in [2.05, 4.69) is 44.6 Å². The van der Waals surface area contributed by atoms with E-state index >= 15 is 0 Å². The molecule has 1 amide bonds. The normalized spacial score (nSPS) is 15.6. The summed E-state index contributed by atoms with van der Waals surface area (Å²) in [6.07, 6.45) is 4.19. The Bertz CT molecular complexity index is 1260. The average molecular weight is 477 g/mol. The van der Waals surface area contributed by atoms with Gasteiger partial charge in [0.05, 0.1) is 17.1 Å². The molecule has 1 aliphatic heterocycles. The monoisotopic (exact) mass is 476 g/mol. The fourth-order valence-corrected chi connectivity index (χ4v) is 5.38. The highest BCUT2D eigenvalue weighted by Crippen LogP contribution is 2.27. The van der Waals surface area contributed by atoms with E-state index in [0.29, 0.717) is 18.7 Å². The van der Waals surface area contributed by atoms with Crippen molar-refractivity contribution in [2.75, 3.05) is 32.7 Å². The lowest BCUT2D eigenvalue weighted by atomic mass is 9.98. The van der Waals surface area contributed by atoms with Crippen molar-refractivity contribution in [2.24, 2.45) is 0 Å². The molecule has 0 bridgehead atoms. The first kappa shape index (κ1) is 22.7. The number of aryl methyl sites for hydroxylation is 1. The van der Waals surface area contributed by atoms with Crippen molar-refractivity contribution < 1.29 is 9.18 Å². The van der Waals surface area contributed by atoms with Gasteiger partial charge in [0.1, 0.15) is 5.82 Å². The van der Waals surface area contributed by atoms with Crippen LogP contribution in [-0.2, 0) is 11.2 Å². The SMILES string of the molecule is CC(C(=O)N1CCN(CCCc2c[nH]c3ccc(-c4cscn4)cc23)CC1)c1ccccc1F. The van der Waals surface area contributed by atoms with Gasteiger partial charge in [-0.15, -0.1) is 11.3 Å². The number of aromatic amines is 1. The Balaban J connectivity index is 1.13. The third-order valence-corrected chi connectivity index (χ3v) is 7.43. The van der Waals surface area contributed by atoms with E-state index in [0.717, 1.165) is 49.2 Å². The molecule has 1 saturated heterocycles. The molecule has 4 aromatic rings. The molecule has 0 saturated carbocycles. The average Bonchev–Trinajstić information content (AvgIpc) is 3.54. The first-order chi connectivity index (χ1) is 16.6. The summed E-state index contributed by atoms with van der Waals surface area (Å²) in [5, 5.41) is 3.35. The number of nitrogens with zero attached hydrogens (tertiary/aromatic N) is 3. The topological polar surface area (TPSA) is 52.2 Å². The number of benzene rings is 2. The maximum Gasteiger partial charge on any atom is 0.230 e. The smallest absolute Gasteiger partial charge is 0.230 e. The Hall–Kier alpha value is -3.03. The van der Waals surface area contributed by atoms with Crippen molar-refractivity contribution in [1.29, 1.82) is 0 Å². The highest BCUT2D eigenvalue weighted by atomic mass is 32.1. The maximum absolute atomic E-state index is 14.1. The number of nitrogens with one attached hydrogen (secondary N) is 1. The molecular weight excluding hydrogens is 447 g/mol. The second kappa shape index (κ2) is 10.1. The molecule has 2 aromatic heterocycles. The molecular formula is C27H29FN4OS. The minimum Gasteiger partial charge on any atom is -0.361 e. The number of amides is 1. The van der Waals surface area contributed by atoms with Crippen LogP contribution in [0.4, 0.5) is 4.39 Å². The van der Waals surface area contributed by atoms with Gasteiger partial charge in [0.25, 0.3) is 0 Å². The van der Waals surface area contributed by atoms with Crippen LogP contribution in [0.2, 0.25) is 0 Å². The number of hydrogen-bond donors (Lipinski definition) is 1. The second-order valence-corrected chi connectivity index (χ2v) is 9.68. The molecule has 1 atom stereocenters. The van der Waals surface area contributed by atoms with Crippen molar-refractivity contribution >= 4 is 28.1 Å². The van der Waals surface area contributed by atoms with Crippen molar-refractivity contribution in [3.63, 3.8) is 0 Å². The van der Waals surface area contributed by atoms with E-state index in [-0.39, 0.29) is 11.7 Å². The molecule has 3 heterocycles. The Kier molecular flexibility index (Phi) is 6.74. The van der Waals surface area contributed by atoms with Crippen molar-refractivity contribution in [3.8, 4) is 11.3 Å². The molecule has 2 aromatic carbocycles. The van der Waals surface area contributed by atoms with Gasteiger partial charge in [-0.2, -0.15) is 0 Å². The predicted octanol–water partition coefficient (Wildman–Crippen LogP) is 5.31. The fraction of sp³-hybridized carbons (Fsp3) is 0.333. The van der Waals surface area contributed by atoms with Crippen LogP contribution in [0.15, 0.2) is 59.6 Å². The van der Waals surface area contributed by atoms with Gasteiger partial charge in [0.15, 0.2) is 0 Å². The minimum atomic E-state index is -0.455. The number of carbonyl (C=O) groups excluding carboxylic acids is 1. The summed E-state index contributed by atoms with van der Waals surface area (Å²) >= 11 is 1.61. The van der Waals surface area contributed by atoms with Gasteiger partial charge in [0, 0.05) is 54.2 Å². The number of thiazole rings is 1. The van der Waals surface area contributed by atoms with Crippen LogP contribution in [0.5, 0.6) is 0 Å². The highest BCUT2D eigenvalue weighted by molar-refractivity contribution is 7.07. The zero-order valence-electron chi connectivity index (χ0n) is 19.3. The van der Waals surface area contributed by atoms with Crippen LogP contribution in [0.1, 0.15) is 30.4 Å². The number of carbonyl (C=O) groups is 1. The summed E-state index contributed by atoms with van der Waals surface area (Å²) in [5.41, 5.74) is 7.01. The van der Waals surface area contributed by atoms with Crippen LogP contribution in [0.25, 0.3) is 22.2 Å². The van der Waals surface area contributed by atoms with Gasteiger partial charge in [-0.3, -0.25) is 9.69 Å². The van der Waals surface area contributed by atoms with Gasteiger partial charge >= 0.3 is 0 Å². The molecule has 1 fully saturated rings. The molecule has 0 radical (unpaired) electrons. The van der Waals surface area contributed by atoms with Crippen molar-refractivity contribution in [2.45, 2.75) is 25.7 Å². The molecule has 1 N–H and O–H groups in total. The number of piperazine rings is 1. The molecule has 5 rings (SSSR count). The van der Waals surface area contributed by atoms with Gasteiger partial charge in [0.2, 0.25) is 5.91 Å². The van der Waals surface area contributed by atoms with E-state index in [1.54, 1.807) is 36.5 Å².